The number of aliphatic carboxylic acids is 1. The second-order valence-corrected chi connectivity index (χ2v) is 8.65. The highest BCUT2D eigenvalue weighted by Crippen LogP contribution is 2.13. The highest BCUT2D eigenvalue weighted by molar-refractivity contribution is 5.93. The molecule has 3 amide bonds. The van der Waals surface area contributed by atoms with E-state index in [0.717, 1.165) is 0 Å². The van der Waals surface area contributed by atoms with E-state index in [1.54, 1.807) is 12.1 Å². The summed E-state index contributed by atoms with van der Waals surface area (Å²) >= 11 is 0. The van der Waals surface area contributed by atoms with E-state index in [2.05, 4.69) is 16.0 Å². The number of amides is 3. The van der Waals surface area contributed by atoms with Gasteiger partial charge in [-0.1, -0.05) is 46.2 Å². The molecule has 1 rings (SSSR count). The average molecular weight is 465 g/mol. The Morgan fingerprint density at radius 3 is 2.03 bits per heavy atom. The van der Waals surface area contributed by atoms with Gasteiger partial charge in [0.1, 0.15) is 24.4 Å². The van der Waals surface area contributed by atoms with Crippen LogP contribution in [-0.4, -0.2) is 58.6 Å². The van der Waals surface area contributed by atoms with Crippen molar-refractivity contribution < 1.29 is 29.4 Å². The molecule has 0 heterocycles. The number of carboxylic acids is 1. The molecule has 0 aromatic heterocycles. The molecule has 0 saturated carbocycles. The smallest absolute Gasteiger partial charge is 0.322 e. The largest absolute Gasteiger partial charge is 0.508 e. The molecule has 10 nitrogen and oxygen atoms in total. The lowest BCUT2D eigenvalue weighted by atomic mass is 9.97. The van der Waals surface area contributed by atoms with Crippen molar-refractivity contribution in [3.63, 3.8) is 0 Å². The molecular weight excluding hydrogens is 428 g/mol. The molecule has 0 saturated heterocycles. The lowest BCUT2D eigenvalue weighted by Crippen LogP contribution is -2.57. The van der Waals surface area contributed by atoms with Crippen LogP contribution in [0.1, 0.15) is 46.1 Å². The van der Waals surface area contributed by atoms with Crippen LogP contribution >= 0.6 is 0 Å². The van der Waals surface area contributed by atoms with Gasteiger partial charge in [0.2, 0.25) is 17.7 Å². The number of aromatic hydroxyl groups is 1. The molecule has 0 aliphatic rings. The van der Waals surface area contributed by atoms with Gasteiger partial charge in [0.25, 0.3) is 0 Å². The van der Waals surface area contributed by atoms with Crippen molar-refractivity contribution in [2.45, 2.75) is 65.1 Å². The Balaban J connectivity index is 3.03. The topological polar surface area (TPSA) is 171 Å². The van der Waals surface area contributed by atoms with Gasteiger partial charge in [-0.25, -0.2) is 0 Å². The number of nitrogens with one attached hydrogen (secondary N) is 3. The fourth-order valence-electron chi connectivity index (χ4n) is 3.12. The van der Waals surface area contributed by atoms with Crippen molar-refractivity contribution in [2.75, 3.05) is 6.54 Å². The van der Waals surface area contributed by atoms with Crippen molar-refractivity contribution in [2.24, 2.45) is 17.6 Å². The third kappa shape index (κ3) is 9.90. The minimum atomic E-state index is -1.22. The molecule has 0 bridgehead atoms. The van der Waals surface area contributed by atoms with Crippen molar-refractivity contribution in [3.8, 4) is 5.75 Å². The van der Waals surface area contributed by atoms with Crippen LogP contribution in [0.3, 0.4) is 0 Å². The first-order valence-electron chi connectivity index (χ1n) is 11.1. The van der Waals surface area contributed by atoms with E-state index in [0.29, 0.717) is 18.4 Å². The molecule has 1 aromatic carbocycles. The Morgan fingerprint density at radius 2 is 1.52 bits per heavy atom. The molecule has 0 aliphatic carbocycles. The molecule has 1 aromatic rings. The van der Waals surface area contributed by atoms with Crippen LogP contribution in [-0.2, 0) is 25.6 Å². The highest BCUT2D eigenvalue weighted by Gasteiger charge is 2.30. The first-order chi connectivity index (χ1) is 15.4. The van der Waals surface area contributed by atoms with Gasteiger partial charge in [-0.3, -0.25) is 19.2 Å². The summed E-state index contributed by atoms with van der Waals surface area (Å²) in [6.07, 6.45) is 1.09. The molecule has 7 N–H and O–H groups in total. The maximum Gasteiger partial charge on any atom is 0.322 e. The number of phenolic OH excluding ortho intramolecular Hbond substituents is 1. The van der Waals surface area contributed by atoms with Gasteiger partial charge in [-0.15, -0.1) is 0 Å². The standard InChI is InChI=1S/C23H36N4O6/c1-5-14(4)20(24)23(33)27-17(10-13(2)3)22(32)26-18(21(31)25-12-19(29)30)11-15-6-8-16(28)9-7-15/h6-9,13-14,17-18,20,28H,5,10-12,24H2,1-4H3,(H,25,31)(H,26,32)(H,27,33)(H,29,30). The molecule has 33 heavy (non-hydrogen) atoms. The summed E-state index contributed by atoms with van der Waals surface area (Å²) in [5.74, 6) is -2.87. The zero-order chi connectivity index (χ0) is 25.1. The van der Waals surface area contributed by atoms with Crippen LogP contribution in [0.5, 0.6) is 5.75 Å². The maximum atomic E-state index is 13.1. The molecule has 184 valence electrons. The second kappa shape index (κ2) is 13.4. The van der Waals surface area contributed by atoms with Crippen molar-refractivity contribution in [1.29, 1.82) is 0 Å². The molecule has 4 unspecified atom stereocenters. The van der Waals surface area contributed by atoms with E-state index in [1.807, 2.05) is 27.7 Å². The Hall–Kier alpha value is -3.14. The SMILES string of the molecule is CCC(C)C(N)C(=O)NC(CC(C)C)C(=O)NC(Cc1ccc(O)cc1)C(=O)NCC(=O)O. The van der Waals surface area contributed by atoms with Crippen LogP contribution < -0.4 is 21.7 Å². The van der Waals surface area contributed by atoms with Crippen molar-refractivity contribution >= 4 is 23.7 Å². The second-order valence-electron chi connectivity index (χ2n) is 8.65. The summed E-state index contributed by atoms with van der Waals surface area (Å²) < 4.78 is 0. The Bertz CT molecular complexity index is 812. The number of rotatable bonds is 13. The average Bonchev–Trinajstić information content (AvgIpc) is 2.76. The summed E-state index contributed by atoms with van der Waals surface area (Å²) in [6, 6.07) is 3.31. The van der Waals surface area contributed by atoms with Crippen LogP contribution in [0.15, 0.2) is 24.3 Å². The highest BCUT2D eigenvalue weighted by atomic mass is 16.4. The zero-order valence-electron chi connectivity index (χ0n) is 19.6. The van der Waals surface area contributed by atoms with Crippen LogP contribution in [0.2, 0.25) is 0 Å². The third-order valence-electron chi connectivity index (χ3n) is 5.32. The van der Waals surface area contributed by atoms with Gasteiger partial charge in [-0.2, -0.15) is 0 Å². The minimum absolute atomic E-state index is 0.0482. The number of carboxylic acid groups (broad SMARTS) is 1. The summed E-state index contributed by atoms with van der Waals surface area (Å²) in [5.41, 5.74) is 6.64. The summed E-state index contributed by atoms with van der Waals surface area (Å²) in [5, 5.41) is 25.9. The van der Waals surface area contributed by atoms with E-state index in [9.17, 15) is 24.3 Å². The number of nitrogens with two attached hydrogens (primary N) is 1. The van der Waals surface area contributed by atoms with E-state index < -0.39 is 48.4 Å². The Morgan fingerprint density at radius 1 is 0.939 bits per heavy atom. The quantitative estimate of drug-likeness (QED) is 0.247. The van der Waals surface area contributed by atoms with E-state index in [-0.39, 0.29) is 24.0 Å². The van der Waals surface area contributed by atoms with Gasteiger partial charge in [-0.05, 0) is 36.0 Å². The number of hydrogen-bond acceptors (Lipinski definition) is 6. The molecule has 4 atom stereocenters. The van der Waals surface area contributed by atoms with Gasteiger partial charge in [0, 0.05) is 6.42 Å². The summed E-state index contributed by atoms with van der Waals surface area (Å²) in [4.78, 5) is 49.1. The monoisotopic (exact) mass is 464 g/mol. The Labute approximate surface area is 194 Å². The fraction of sp³-hybridized carbons (Fsp3) is 0.565. The third-order valence-corrected chi connectivity index (χ3v) is 5.32. The molecule has 0 fully saturated rings. The van der Waals surface area contributed by atoms with Gasteiger partial charge in [0.05, 0.1) is 6.04 Å². The molecule has 10 heteroatoms. The van der Waals surface area contributed by atoms with Crippen LogP contribution in [0, 0.1) is 11.8 Å². The first-order valence-corrected chi connectivity index (χ1v) is 11.1. The summed E-state index contributed by atoms with van der Waals surface area (Å²) in [6.45, 7) is 6.96. The molecule has 0 radical (unpaired) electrons. The predicted octanol–water partition coefficient (Wildman–Crippen LogP) is 0.525. The van der Waals surface area contributed by atoms with Crippen LogP contribution in [0.4, 0.5) is 0 Å². The lowest BCUT2D eigenvalue weighted by molar-refractivity contribution is -0.138. The fourth-order valence-corrected chi connectivity index (χ4v) is 3.12. The van der Waals surface area contributed by atoms with Crippen molar-refractivity contribution in [1.82, 2.24) is 16.0 Å². The van der Waals surface area contributed by atoms with Crippen molar-refractivity contribution in [3.05, 3.63) is 29.8 Å². The number of phenols is 1. The molecular formula is C23H36N4O6. The van der Waals surface area contributed by atoms with Gasteiger partial charge >= 0.3 is 5.97 Å². The van der Waals surface area contributed by atoms with E-state index in [4.69, 9.17) is 10.8 Å². The normalized spacial score (nSPS) is 14.6. The van der Waals surface area contributed by atoms with E-state index >= 15 is 0 Å². The van der Waals surface area contributed by atoms with Gasteiger partial charge < -0.3 is 31.9 Å². The molecule has 0 spiro atoms. The summed E-state index contributed by atoms with van der Waals surface area (Å²) in [7, 11) is 0. The predicted molar refractivity (Wildman–Crippen MR) is 123 cm³/mol. The van der Waals surface area contributed by atoms with Crippen LogP contribution in [0.25, 0.3) is 0 Å². The zero-order valence-corrected chi connectivity index (χ0v) is 19.6. The minimum Gasteiger partial charge on any atom is -0.508 e. The lowest BCUT2D eigenvalue weighted by Gasteiger charge is -2.26. The number of carbonyl (C=O) groups is 4. The van der Waals surface area contributed by atoms with Gasteiger partial charge in [0.15, 0.2) is 0 Å². The molecule has 0 aliphatic heterocycles. The van der Waals surface area contributed by atoms with E-state index in [1.165, 1.54) is 12.1 Å². The number of carbonyl (C=O) groups excluding carboxylic acids is 3. The maximum absolute atomic E-state index is 13.1. The Kier molecular flexibility index (Phi) is 11.3. The first kappa shape index (κ1) is 27.9. The number of hydrogen-bond donors (Lipinski definition) is 6. The number of benzene rings is 1.